The largest absolute Gasteiger partial charge is 0.496 e. The van der Waals surface area contributed by atoms with Gasteiger partial charge in [0.15, 0.2) is 23.5 Å². The van der Waals surface area contributed by atoms with Gasteiger partial charge in [-0.05, 0) is 50.3 Å². The van der Waals surface area contributed by atoms with E-state index in [0.717, 1.165) is 30.8 Å². The molecule has 1 N–H and O–H groups in total. The summed E-state index contributed by atoms with van der Waals surface area (Å²) in [5.74, 6) is 2.48. The quantitative estimate of drug-likeness (QED) is 0.217. The molecule has 0 bridgehead atoms. The highest BCUT2D eigenvalue weighted by atomic mass is 16.5. The fraction of sp³-hybridized carbons (Fsp3) is 0.312. The number of hydrogen-bond donors (Lipinski definition) is 1. The van der Waals surface area contributed by atoms with Gasteiger partial charge in [-0.25, -0.2) is 0 Å². The minimum absolute atomic E-state index is 0.108. The van der Waals surface area contributed by atoms with Crippen molar-refractivity contribution in [3.63, 3.8) is 0 Å². The molecule has 10 heteroatoms. The lowest BCUT2D eigenvalue weighted by molar-refractivity contribution is -0.123. The first-order valence-electron chi connectivity index (χ1n) is 13.5. The van der Waals surface area contributed by atoms with Crippen LogP contribution in [0.3, 0.4) is 0 Å². The monoisotopic (exact) mass is 576 g/mol. The summed E-state index contributed by atoms with van der Waals surface area (Å²) in [6.45, 7) is 2.01. The SMILES string of the molecule is COc1ccccc1CN(C)CCCNC(=O)COc1ccc(-c2cc(=O)c3c(OC)c(OC)c(OC)cc3o2)cc1. The van der Waals surface area contributed by atoms with Gasteiger partial charge < -0.3 is 38.3 Å². The van der Waals surface area contributed by atoms with Crippen LogP contribution in [0.5, 0.6) is 28.7 Å². The number of carbonyl (C=O) groups is 1. The lowest BCUT2D eigenvalue weighted by atomic mass is 10.1. The molecule has 1 aromatic heterocycles. The third kappa shape index (κ3) is 7.13. The van der Waals surface area contributed by atoms with E-state index in [4.69, 9.17) is 28.1 Å². The van der Waals surface area contributed by atoms with Crippen LogP contribution in [0.25, 0.3) is 22.3 Å². The van der Waals surface area contributed by atoms with Crippen LogP contribution in [0.2, 0.25) is 0 Å². The Labute approximate surface area is 244 Å². The number of hydrogen-bond acceptors (Lipinski definition) is 9. The summed E-state index contributed by atoms with van der Waals surface area (Å²) in [7, 11) is 8.12. The van der Waals surface area contributed by atoms with Crippen LogP contribution in [-0.4, -0.2) is 66.0 Å². The van der Waals surface area contributed by atoms with Crippen LogP contribution < -0.4 is 34.4 Å². The Kier molecular flexibility index (Phi) is 10.3. The van der Waals surface area contributed by atoms with Gasteiger partial charge in [-0.15, -0.1) is 0 Å². The summed E-state index contributed by atoms with van der Waals surface area (Å²) >= 11 is 0. The summed E-state index contributed by atoms with van der Waals surface area (Å²) in [6.07, 6.45) is 0.799. The third-order valence-electron chi connectivity index (χ3n) is 6.70. The minimum atomic E-state index is -0.285. The van der Waals surface area contributed by atoms with Crippen molar-refractivity contribution in [1.82, 2.24) is 10.2 Å². The smallest absolute Gasteiger partial charge is 0.257 e. The van der Waals surface area contributed by atoms with Crippen molar-refractivity contribution in [3.8, 4) is 40.1 Å². The van der Waals surface area contributed by atoms with E-state index in [-0.39, 0.29) is 29.1 Å². The molecule has 1 amide bonds. The Morgan fingerprint density at radius 3 is 2.29 bits per heavy atom. The Morgan fingerprint density at radius 2 is 1.60 bits per heavy atom. The van der Waals surface area contributed by atoms with Crippen LogP contribution in [0, 0.1) is 0 Å². The Hall–Kier alpha value is -4.70. The number of benzene rings is 3. The number of para-hydroxylation sites is 1. The summed E-state index contributed by atoms with van der Waals surface area (Å²) in [6, 6.07) is 17.9. The molecule has 222 valence electrons. The molecule has 0 saturated heterocycles. The van der Waals surface area contributed by atoms with Crippen molar-refractivity contribution >= 4 is 16.9 Å². The molecule has 0 unspecified atom stereocenters. The summed E-state index contributed by atoms with van der Waals surface area (Å²) in [4.78, 5) is 27.5. The van der Waals surface area contributed by atoms with Gasteiger partial charge in [0, 0.05) is 36.3 Å². The van der Waals surface area contributed by atoms with Gasteiger partial charge in [0.2, 0.25) is 5.75 Å². The molecule has 1 heterocycles. The fourth-order valence-electron chi connectivity index (χ4n) is 4.62. The molecule has 0 fully saturated rings. The number of nitrogens with zero attached hydrogens (tertiary/aromatic N) is 1. The first-order chi connectivity index (χ1) is 20.4. The third-order valence-corrected chi connectivity index (χ3v) is 6.70. The van der Waals surface area contributed by atoms with Gasteiger partial charge in [-0.1, -0.05) is 18.2 Å². The van der Waals surface area contributed by atoms with Gasteiger partial charge in [-0.3, -0.25) is 9.59 Å². The number of amides is 1. The summed E-state index contributed by atoms with van der Waals surface area (Å²) < 4.78 is 33.3. The van der Waals surface area contributed by atoms with E-state index >= 15 is 0 Å². The van der Waals surface area contributed by atoms with E-state index in [1.165, 1.54) is 27.4 Å². The average Bonchev–Trinajstić information content (AvgIpc) is 3.01. The van der Waals surface area contributed by atoms with E-state index in [1.54, 1.807) is 37.4 Å². The van der Waals surface area contributed by atoms with E-state index in [1.807, 2.05) is 31.3 Å². The zero-order valence-corrected chi connectivity index (χ0v) is 24.5. The van der Waals surface area contributed by atoms with Crippen LogP contribution in [0.15, 0.2) is 69.9 Å². The lowest BCUT2D eigenvalue weighted by Crippen LogP contribution is -2.31. The second-order valence-corrected chi connectivity index (χ2v) is 9.56. The number of nitrogens with one attached hydrogen (secondary N) is 1. The first-order valence-corrected chi connectivity index (χ1v) is 13.5. The maximum atomic E-state index is 13.0. The highest BCUT2D eigenvalue weighted by Gasteiger charge is 2.21. The van der Waals surface area contributed by atoms with Crippen molar-refractivity contribution < 1.29 is 32.9 Å². The molecule has 42 heavy (non-hydrogen) atoms. The number of rotatable bonds is 14. The number of ether oxygens (including phenoxy) is 5. The average molecular weight is 577 g/mol. The molecule has 0 aliphatic heterocycles. The highest BCUT2D eigenvalue weighted by Crippen LogP contribution is 2.42. The Balaban J connectivity index is 1.29. The van der Waals surface area contributed by atoms with Gasteiger partial charge in [0.1, 0.15) is 28.2 Å². The fourth-order valence-corrected chi connectivity index (χ4v) is 4.62. The van der Waals surface area contributed by atoms with E-state index in [2.05, 4.69) is 10.2 Å². The topological polar surface area (TPSA) is 109 Å². The van der Waals surface area contributed by atoms with Crippen LogP contribution in [0.1, 0.15) is 12.0 Å². The second-order valence-electron chi connectivity index (χ2n) is 9.56. The number of carbonyl (C=O) groups excluding carboxylic acids is 1. The molecule has 0 atom stereocenters. The van der Waals surface area contributed by atoms with Gasteiger partial charge >= 0.3 is 0 Å². The predicted octanol–water partition coefficient (Wildman–Crippen LogP) is 4.51. The minimum Gasteiger partial charge on any atom is -0.496 e. The van der Waals surface area contributed by atoms with E-state index in [9.17, 15) is 9.59 Å². The van der Waals surface area contributed by atoms with E-state index in [0.29, 0.717) is 40.7 Å². The van der Waals surface area contributed by atoms with Crippen LogP contribution in [-0.2, 0) is 11.3 Å². The molecular weight excluding hydrogens is 540 g/mol. The molecule has 10 nitrogen and oxygen atoms in total. The molecule has 3 aromatic carbocycles. The van der Waals surface area contributed by atoms with Gasteiger partial charge in [0.25, 0.3) is 5.91 Å². The number of methoxy groups -OCH3 is 4. The zero-order chi connectivity index (χ0) is 30.1. The molecular formula is C32H36N2O8. The standard InChI is InChI=1S/C32H36N2O8/c1-34(19-22-9-6-7-10-25(22)37-2)16-8-15-33-29(36)20-41-23-13-11-21(12-14-23)26-17-24(35)30-27(42-26)18-28(38-3)31(39-4)32(30)40-5/h6-7,9-14,17-18H,8,15-16,19-20H2,1-5H3,(H,33,36). The van der Waals surface area contributed by atoms with Crippen LogP contribution in [0.4, 0.5) is 0 Å². The highest BCUT2D eigenvalue weighted by molar-refractivity contribution is 5.90. The van der Waals surface area contributed by atoms with Crippen molar-refractivity contribution in [2.75, 3.05) is 55.2 Å². The molecule has 4 rings (SSSR count). The summed E-state index contributed by atoms with van der Waals surface area (Å²) in [5, 5.41) is 3.14. The predicted molar refractivity (Wildman–Crippen MR) is 160 cm³/mol. The first kappa shape index (κ1) is 30.3. The second kappa shape index (κ2) is 14.3. The zero-order valence-electron chi connectivity index (χ0n) is 24.5. The normalized spacial score (nSPS) is 10.9. The lowest BCUT2D eigenvalue weighted by Gasteiger charge is -2.18. The van der Waals surface area contributed by atoms with Gasteiger partial charge in [-0.2, -0.15) is 0 Å². The number of fused-ring (bicyclic) bond motifs is 1. The molecule has 0 spiro atoms. The molecule has 4 aromatic rings. The molecule has 0 aliphatic rings. The van der Waals surface area contributed by atoms with Crippen LogP contribution >= 0.6 is 0 Å². The van der Waals surface area contributed by atoms with Crippen molar-refractivity contribution in [1.29, 1.82) is 0 Å². The summed E-state index contributed by atoms with van der Waals surface area (Å²) in [5.41, 5.74) is 1.80. The Bertz CT molecular complexity index is 1570. The maximum Gasteiger partial charge on any atom is 0.257 e. The van der Waals surface area contributed by atoms with E-state index < -0.39 is 0 Å². The molecule has 0 radical (unpaired) electrons. The molecule has 0 aliphatic carbocycles. The molecule has 0 saturated carbocycles. The van der Waals surface area contributed by atoms with Crippen molar-refractivity contribution in [2.24, 2.45) is 0 Å². The van der Waals surface area contributed by atoms with Crippen molar-refractivity contribution in [3.05, 3.63) is 76.5 Å². The van der Waals surface area contributed by atoms with Gasteiger partial charge in [0.05, 0.1) is 28.4 Å². The maximum absolute atomic E-state index is 13.0. The Morgan fingerprint density at radius 1 is 0.881 bits per heavy atom. The van der Waals surface area contributed by atoms with Crippen molar-refractivity contribution in [2.45, 2.75) is 13.0 Å².